The minimum Gasteiger partial charge on any atom is -0.290 e. The fourth-order valence-corrected chi connectivity index (χ4v) is 3.50. The van der Waals surface area contributed by atoms with Crippen LogP contribution in [0.4, 0.5) is 0 Å². The summed E-state index contributed by atoms with van der Waals surface area (Å²) in [7, 11) is 0. The second kappa shape index (κ2) is 8.50. The first kappa shape index (κ1) is 20.0. The molecule has 1 unspecified atom stereocenters. The zero-order chi connectivity index (χ0) is 20.3. The fourth-order valence-electron chi connectivity index (χ4n) is 3.26. The van der Waals surface area contributed by atoms with Gasteiger partial charge < -0.3 is 0 Å². The largest absolute Gasteiger partial charge is 0.290 e. The molecule has 0 bridgehead atoms. The molecule has 0 spiro atoms. The molecule has 0 aliphatic heterocycles. The van der Waals surface area contributed by atoms with Crippen molar-refractivity contribution in [1.82, 2.24) is 20.2 Å². The number of nitrogens with zero attached hydrogens (tertiary/aromatic N) is 2. The Balaban J connectivity index is 1.92. The zero-order valence-corrected chi connectivity index (χ0v) is 17.1. The monoisotopic (exact) mass is 395 g/mol. The lowest BCUT2D eigenvalue weighted by atomic mass is 9.96. The van der Waals surface area contributed by atoms with E-state index in [0.29, 0.717) is 16.3 Å². The number of hydrogen-bond acceptors (Lipinski definition) is 4. The van der Waals surface area contributed by atoms with Crippen molar-refractivity contribution in [2.75, 3.05) is 0 Å². The topological polar surface area (TPSA) is 88.7 Å². The summed E-state index contributed by atoms with van der Waals surface area (Å²) in [6.07, 6.45) is 1.07. The Bertz CT molecular complexity index is 1000. The van der Waals surface area contributed by atoms with Crippen molar-refractivity contribution in [3.05, 3.63) is 75.8 Å². The average Bonchev–Trinajstić information content (AvgIpc) is 3.08. The smallest absolute Gasteiger partial charge is 0.265 e. The van der Waals surface area contributed by atoms with Crippen LogP contribution in [0.5, 0.6) is 0 Å². The Kier molecular flexibility index (Phi) is 6.06. The van der Waals surface area contributed by atoms with Crippen LogP contribution in [0.25, 0.3) is 5.69 Å². The van der Waals surface area contributed by atoms with E-state index in [1.54, 1.807) is 12.1 Å². The van der Waals surface area contributed by atoms with Gasteiger partial charge in [-0.05, 0) is 59.9 Å². The highest BCUT2D eigenvalue weighted by molar-refractivity contribution is 7.71. The highest BCUT2D eigenvalue weighted by Gasteiger charge is 2.18. The summed E-state index contributed by atoms with van der Waals surface area (Å²) in [4.78, 5) is 11.7. The van der Waals surface area contributed by atoms with Crippen molar-refractivity contribution >= 4 is 18.1 Å². The predicted molar refractivity (Wildman–Crippen MR) is 113 cm³/mol. The van der Waals surface area contributed by atoms with E-state index in [-0.39, 0.29) is 11.8 Å². The summed E-state index contributed by atoms with van der Waals surface area (Å²) in [5, 5.41) is 7.35. The summed E-state index contributed by atoms with van der Waals surface area (Å²) in [5.41, 5.74) is 5.95. The number of nitrogens with two attached hydrogens (primary N) is 1. The molecule has 1 heterocycles. The number of carbonyl (C=O) groups is 1. The number of nitrogen functional groups attached to an aromatic ring is 1. The third kappa shape index (κ3) is 4.21. The molecule has 146 valence electrons. The Labute approximate surface area is 169 Å². The van der Waals surface area contributed by atoms with Crippen LogP contribution in [0.1, 0.15) is 54.0 Å². The van der Waals surface area contributed by atoms with Gasteiger partial charge >= 0.3 is 0 Å². The number of rotatable bonds is 6. The summed E-state index contributed by atoms with van der Waals surface area (Å²) in [6.45, 7) is 6.54. The van der Waals surface area contributed by atoms with Gasteiger partial charge in [-0.25, -0.2) is 5.84 Å². The molecular weight excluding hydrogens is 370 g/mol. The predicted octanol–water partition coefficient (Wildman–Crippen LogP) is 3.88. The molecule has 3 rings (SSSR count). The van der Waals surface area contributed by atoms with Crippen molar-refractivity contribution in [2.45, 2.75) is 33.1 Å². The highest BCUT2D eigenvalue weighted by atomic mass is 32.1. The molecule has 1 aromatic heterocycles. The number of aromatic amines is 1. The number of nitrogens with one attached hydrogen (secondary N) is 2. The second-order valence-electron chi connectivity index (χ2n) is 7.30. The molecule has 0 saturated heterocycles. The van der Waals surface area contributed by atoms with Gasteiger partial charge in [0.2, 0.25) is 0 Å². The third-order valence-corrected chi connectivity index (χ3v) is 5.00. The van der Waals surface area contributed by atoms with Crippen LogP contribution in [0.3, 0.4) is 0 Å². The molecule has 1 atom stereocenters. The van der Waals surface area contributed by atoms with Crippen molar-refractivity contribution in [1.29, 1.82) is 0 Å². The second-order valence-corrected chi connectivity index (χ2v) is 7.69. The van der Waals surface area contributed by atoms with Gasteiger partial charge in [0.05, 0.1) is 0 Å². The van der Waals surface area contributed by atoms with E-state index in [2.05, 4.69) is 60.7 Å². The maximum Gasteiger partial charge on any atom is 0.265 e. The van der Waals surface area contributed by atoms with Gasteiger partial charge in [0, 0.05) is 17.2 Å². The van der Waals surface area contributed by atoms with Gasteiger partial charge in [0.25, 0.3) is 5.91 Å². The lowest BCUT2D eigenvalue weighted by Gasteiger charge is -2.15. The lowest BCUT2D eigenvalue weighted by molar-refractivity contribution is 0.0953. The van der Waals surface area contributed by atoms with E-state index in [9.17, 15) is 4.79 Å². The standard InChI is InChI=1S/C21H25N5OS/c1-13(2)12-15-4-6-16(7-5-15)14(3)19-24-25-21(28)26(19)18-10-8-17(9-11-18)20(27)23-22/h4-11,13-14H,12,22H2,1-3H3,(H,23,27)(H,25,28). The maximum atomic E-state index is 11.7. The molecule has 1 amide bonds. The minimum atomic E-state index is -0.336. The normalized spacial score (nSPS) is 12.2. The molecule has 2 aromatic carbocycles. The average molecular weight is 396 g/mol. The number of H-pyrrole nitrogens is 1. The van der Waals surface area contributed by atoms with Gasteiger partial charge in [-0.15, -0.1) is 0 Å². The number of hydrazine groups is 1. The van der Waals surface area contributed by atoms with Gasteiger partial charge in [-0.1, -0.05) is 45.0 Å². The Hall–Kier alpha value is -2.77. The first-order chi connectivity index (χ1) is 13.4. The van der Waals surface area contributed by atoms with Crippen LogP contribution in [-0.2, 0) is 6.42 Å². The van der Waals surface area contributed by atoms with E-state index < -0.39 is 0 Å². The molecule has 0 saturated carbocycles. The van der Waals surface area contributed by atoms with Crippen molar-refractivity contribution in [2.24, 2.45) is 11.8 Å². The Morgan fingerprint density at radius 1 is 1.14 bits per heavy atom. The molecule has 28 heavy (non-hydrogen) atoms. The number of carbonyl (C=O) groups excluding carboxylic acids is 1. The third-order valence-electron chi connectivity index (χ3n) is 4.73. The van der Waals surface area contributed by atoms with Gasteiger partial charge in [-0.3, -0.25) is 19.9 Å². The SMILES string of the molecule is CC(C)Cc1ccc(C(C)c2n[nH]c(=S)n2-c2ccc(C(=O)NN)cc2)cc1. The summed E-state index contributed by atoms with van der Waals surface area (Å²) >= 11 is 5.45. The van der Waals surface area contributed by atoms with Crippen LogP contribution in [0.15, 0.2) is 48.5 Å². The molecule has 7 heteroatoms. The summed E-state index contributed by atoms with van der Waals surface area (Å²) < 4.78 is 2.40. The first-order valence-electron chi connectivity index (χ1n) is 9.28. The van der Waals surface area contributed by atoms with E-state index in [1.807, 2.05) is 16.7 Å². The van der Waals surface area contributed by atoms with E-state index in [4.69, 9.17) is 18.1 Å². The number of hydrogen-bond donors (Lipinski definition) is 3. The molecule has 0 aliphatic carbocycles. The Morgan fingerprint density at radius 3 is 2.36 bits per heavy atom. The number of benzene rings is 2. The van der Waals surface area contributed by atoms with Crippen LogP contribution in [0, 0.1) is 10.7 Å². The number of aromatic nitrogens is 3. The Morgan fingerprint density at radius 2 is 1.79 bits per heavy atom. The van der Waals surface area contributed by atoms with Crippen LogP contribution in [-0.4, -0.2) is 20.7 Å². The van der Waals surface area contributed by atoms with Crippen molar-refractivity contribution in [3.8, 4) is 5.69 Å². The minimum absolute atomic E-state index is 0.0491. The van der Waals surface area contributed by atoms with Crippen molar-refractivity contribution in [3.63, 3.8) is 0 Å². The summed E-state index contributed by atoms with van der Waals surface area (Å²) in [5.74, 6) is 6.35. The molecule has 0 radical (unpaired) electrons. The molecule has 3 aromatic rings. The maximum absolute atomic E-state index is 11.7. The summed E-state index contributed by atoms with van der Waals surface area (Å²) in [6, 6.07) is 15.7. The fraction of sp³-hybridized carbons (Fsp3) is 0.286. The lowest BCUT2D eigenvalue weighted by Crippen LogP contribution is -2.29. The van der Waals surface area contributed by atoms with Gasteiger partial charge in [-0.2, -0.15) is 5.10 Å². The van der Waals surface area contributed by atoms with E-state index >= 15 is 0 Å². The highest BCUT2D eigenvalue weighted by Crippen LogP contribution is 2.26. The van der Waals surface area contributed by atoms with Crippen LogP contribution < -0.4 is 11.3 Å². The van der Waals surface area contributed by atoms with E-state index in [0.717, 1.165) is 17.9 Å². The van der Waals surface area contributed by atoms with E-state index in [1.165, 1.54) is 11.1 Å². The molecule has 6 nitrogen and oxygen atoms in total. The van der Waals surface area contributed by atoms with Crippen molar-refractivity contribution < 1.29 is 4.79 Å². The number of amides is 1. The quantitative estimate of drug-likeness (QED) is 0.256. The van der Waals surface area contributed by atoms with Gasteiger partial charge in [0.1, 0.15) is 5.82 Å². The van der Waals surface area contributed by atoms with Crippen LogP contribution in [0.2, 0.25) is 0 Å². The molecular formula is C21H25N5OS. The molecule has 4 N–H and O–H groups in total. The molecule has 0 aliphatic rings. The first-order valence-corrected chi connectivity index (χ1v) is 9.69. The van der Waals surface area contributed by atoms with Gasteiger partial charge in [0.15, 0.2) is 4.77 Å². The zero-order valence-electron chi connectivity index (χ0n) is 16.3. The van der Waals surface area contributed by atoms with Crippen LogP contribution >= 0.6 is 12.2 Å². The molecule has 0 fully saturated rings.